The van der Waals surface area contributed by atoms with Crippen molar-refractivity contribution in [3.63, 3.8) is 0 Å². The smallest absolute Gasteiger partial charge is 0.233 e. The first-order valence-electron chi connectivity index (χ1n) is 4.90. The van der Waals surface area contributed by atoms with E-state index in [0.29, 0.717) is 5.88 Å². The van der Waals surface area contributed by atoms with Gasteiger partial charge in [0.1, 0.15) is 0 Å². The molecule has 0 aromatic carbocycles. The normalized spacial score (nSPS) is 12.5. The van der Waals surface area contributed by atoms with Crippen LogP contribution < -0.4 is 10.5 Å². The fourth-order valence-electron chi connectivity index (χ4n) is 1.23. The van der Waals surface area contributed by atoms with E-state index in [1.54, 1.807) is 20.3 Å². The van der Waals surface area contributed by atoms with Gasteiger partial charge in [-0.25, -0.2) is 0 Å². The van der Waals surface area contributed by atoms with Gasteiger partial charge in [0.05, 0.1) is 12.8 Å². The standard InChI is InChI=1S/C10H17N3O2/c1-14-7-3-4-8(11)9-5-6-10(15-2)13-12-9/h5-6,8H,3-4,7,11H2,1-2H3. The summed E-state index contributed by atoms with van der Waals surface area (Å²) in [6, 6.07) is 3.51. The Balaban J connectivity index is 2.46. The van der Waals surface area contributed by atoms with E-state index in [4.69, 9.17) is 15.2 Å². The minimum absolute atomic E-state index is 0.0847. The average molecular weight is 211 g/mol. The number of nitrogens with two attached hydrogens (primary N) is 1. The number of aromatic nitrogens is 2. The van der Waals surface area contributed by atoms with E-state index in [9.17, 15) is 0 Å². The van der Waals surface area contributed by atoms with Crippen LogP contribution in [0.1, 0.15) is 24.6 Å². The summed E-state index contributed by atoms with van der Waals surface area (Å²) < 4.78 is 9.87. The van der Waals surface area contributed by atoms with Crippen LogP contribution in [0.25, 0.3) is 0 Å². The van der Waals surface area contributed by atoms with Gasteiger partial charge < -0.3 is 15.2 Å². The van der Waals surface area contributed by atoms with Crippen molar-refractivity contribution in [2.45, 2.75) is 18.9 Å². The zero-order valence-electron chi connectivity index (χ0n) is 9.14. The summed E-state index contributed by atoms with van der Waals surface area (Å²) in [6.45, 7) is 0.720. The molecule has 0 fully saturated rings. The first-order valence-corrected chi connectivity index (χ1v) is 4.90. The molecule has 0 saturated heterocycles. The van der Waals surface area contributed by atoms with Gasteiger partial charge in [-0.3, -0.25) is 0 Å². The molecule has 0 radical (unpaired) electrons. The highest BCUT2D eigenvalue weighted by atomic mass is 16.5. The molecular weight excluding hydrogens is 194 g/mol. The molecule has 15 heavy (non-hydrogen) atoms. The van der Waals surface area contributed by atoms with Crippen LogP contribution in [-0.2, 0) is 4.74 Å². The molecule has 1 heterocycles. The summed E-state index contributed by atoms with van der Waals surface area (Å²) in [4.78, 5) is 0. The number of rotatable bonds is 6. The third kappa shape index (κ3) is 3.81. The zero-order valence-corrected chi connectivity index (χ0v) is 9.14. The van der Waals surface area contributed by atoms with Crippen LogP contribution in [0.3, 0.4) is 0 Å². The molecule has 0 amide bonds. The van der Waals surface area contributed by atoms with Gasteiger partial charge in [0.2, 0.25) is 5.88 Å². The van der Waals surface area contributed by atoms with Crippen molar-refractivity contribution in [3.05, 3.63) is 17.8 Å². The number of hydrogen-bond donors (Lipinski definition) is 1. The molecule has 5 heteroatoms. The molecule has 1 unspecified atom stereocenters. The van der Waals surface area contributed by atoms with E-state index in [0.717, 1.165) is 25.1 Å². The van der Waals surface area contributed by atoms with Crippen LogP contribution in [0, 0.1) is 0 Å². The highest BCUT2D eigenvalue weighted by Gasteiger charge is 2.07. The van der Waals surface area contributed by atoms with Crippen molar-refractivity contribution in [1.82, 2.24) is 10.2 Å². The Bertz CT molecular complexity index is 277. The Labute approximate surface area is 89.6 Å². The predicted octanol–water partition coefficient (Wildman–Crippen LogP) is 0.912. The molecule has 0 saturated carbocycles. The van der Waals surface area contributed by atoms with Gasteiger partial charge in [-0.1, -0.05) is 0 Å². The Morgan fingerprint density at radius 2 is 2.13 bits per heavy atom. The average Bonchev–Trinajstić information content (AvgIpc) is 2.29. The van der Waals surface area contributed by atoms with Crippen LogP contribution in [0.5, 0.6) is 5.88 Å². The SMILES string of the molecule is COCCCC(N)c1ccc(OC)nn1. The van der Waals surface area contributed by atoms with E-state index in [-0.39, 0.29) is 6.04 Å². The monoisotopic (exact) mass is 211 g/mol. The molecule has 0 spiro atoms. The summed E-state index contributed by atoms with van der Waals surface area (Å²) in [5.74, 6) is 0.503. The van der Waals surface area contributed by atoms with Crippen LogP contribution in [0.15, 0.2) is 12.1 Å². The third-order valence-corrected chi connectivity index (χ3v) is 2.11. The van der Waals surface area contributed by atoms with Crippen LogP contribution >= 0.6 is 0 Å². The second kappa shape index (κ2) is 6.31. The molecule has 5 nitrogen and oxygen atoms in total. The molecule has 0 aliphatic rings. The first-order chi connectivity index (χ1) is 7.27. The molecule has 1 aromatic rings. The van der Waals surface area contributed by atoms with Crippen LogP contribution in [-0.4, -0.2) is 31.0 Å². The fraction of sp³-hybridized carbons (Fsp3) is 0.600. The molecule has 84 valence electrons. The minimum Gasteiger partial charge on any atom is -0.480 e. The molecule has 1 atom stereocenters. The highest BCUT2D eigenvalue weighted by molar-refractivity contribution is 5.13. The summed E-state index contributed by atoms with van der Waals surface area (Å²) in [5.41, 5.74) is 6.71. The topological polar surface area (TPSA) is 70.3 Å². The van der Waals surface area contributed by atoms with E-state index in [2.05, 4.69) is 10.2 Å². The van der Waals surface area contributed by atoms with Gasteiger partial charge >= 0.3 is 0 Å². The fourth-order valence-corrected chi connectivity index (χ4v) is 1.23. The van der Waals surface area contributed by atoms with Gasteiger partial charge in [-0.2, -0.15) is 5.10 Å². The van der Waals surface area contributed by atoms with Gasteiger partial charge in [0.25, 0.3) is 0 Å². The molecule has 1 aromatic heterocycles. The maximum Gasteiger partial charge on any atom is 0.233 e. The Hall–Kier alpha value is -1.20. The van der Waals surface area contributed by atoms with Crippen molar-refractivity contribution in [3.8, 4) is 5.88 Å². The summed E-state index contributed by atoms with van der Waals surface area (Å²) in [5, 5.41) is 7.85. The van der Waals surface area contributed by atoms with Crippen molar-refractivity contribution in [2.75, 3.05) is 20.8 Å². The van der Waals surface area contributed by atoms with E-state index < -0.39 is 0 Å². The Morgan fingerprint density at radius 3 is 2.67 bits per heavy atom. The summed E-state index contributed by atoms with van der Waals surface area (Å²) in [6.07, 6.45) is 1.76. The largest absolute Gasteiger partial charge is 0.480 e. The quantitative estimate of drug-likeness (QED) is 0.708. The number of nitrogens with zero attached hydrogens (tertiary/aromatic N) is 2. The van der Waals surface area contributed by atoms with Crippen molar-refractivity contribution < 1.29 is 9.47 Å². The third-order valence-electron chi connectivity index (χ3n) is 2.11. The first kappa shape index (κ1) is 11.9. The minimum atomic E-state index is -0.0847. The van der Waals surface area contributed by atoms with Gasteiger partial charge in [-0.15, -0.1) is 5.10 Å². The van der Waals surface area contributed by atoms with Gasteiger partial charge in [0, 0.05) is 25.8 Å². The van der Waals surface area contributed by atoms with Crippen LogP contribution in [0.2, 0.25) is 0 Å². The molecule has 0 bridgehead atoms. The lowest BCUT2D eigenvalue weighted by atomic mass is 10.1. The number of methoxy groups -OCH3 is 2. The summed E-state index contributed by atoms with van der Waals surface area (Å²) in [7, 11) is 3.24. The van der Waals surface area contributed by atoms with Gasteiger partial charge in [-0.05, 0) is 18.9 Å². The molecule has 2 N–H and O–H groups in total. The summed E-state index contributed by atoms with van der Waals surface area (Å²) >= 11 is 0. The number of hydrogen-bond acceptors (Lipinski definition) is 5. The van der Waals surface area contributed by atoms with Crippen LogP contribution in [0.4, 0.5) is 0 Å². The lowest BCUT2D eigenvalue weighted by Gasteiger charge is -2.09. The second-order valence-corrected chi connectivity index (χ2v) is 3.24. The molecule has 1 rings (SSSR count). The van der Waals surface area contributed by atoms with E-state index in [1.807, 2.05) is 6.07 Å². The van der Waals surface area contributed by atoms with Crippen molar-refractivity contribution in [2.24, 2.45) is 5.73 Å². The lowest BCUT2D eigenvalue weighted by Crippen LogP contribution is -2.13. The molecular formula is C10H17N3O2. The lowest BCUT2D eigenvalue weighted by molar-refractivity contribution is 0.190. The second-order valence-electron chi connectivity index (χ2n) is 3.24. The molecule has 0 aliphatic carbocycles. The highest BCUT2D eigenvalue weighted by Crippen LogP contribution is 2.14. The maximum absolute atomic E-state index is 5.93. The predicted molar refractivity (Wildman–Crippen MR) is 56.6 cm³/mol. The van der Waals surface area contributed by atoms with Crippen molar-refractivity contribution in [1.29, 1.82) is 0 Å². The van der Waals surface area contributed by atoms with E-state index in [1.165, 1.54) is 0 Å². The maximum atomic E-state index is 5.93. The number of ether oxygens (including phenoxy) is 2. The van der Waals surface area contributed by atoms with Crippen molar-refractivity contribution >= 4 is 0 Å². The Kier molecular flexibility index (Phi) is 5.00. The Morgan fingerprint density at radius 1 is 1.33 bits per heavy atom. The zero-order chi connectivity index (χ0) is 11.1. The van der Waals surface area contributed by atoms with E-state index >= 15 is 0 Å². The molecule has 0 aliphatic heterocycles. The van der Waals surface area contributed by atoms with Gasteiger partial charge in [0.15, 0.2) is 0 Å².